The summed E-state index contributed by atoms with van der Waals surface area (Å²) in [5, 5.41) is 0. The largest absolute Gasteiger partial charge is 0.294 e. The van der Waals surface area contributed by atoms with Crippen molar-refractivity contribution in [3.05, 3.63) is 52.0 Å². The fourth-order valence-electron chi connectivity index (χ4n) is 2.67. The van der Waals surface area contributed by atoms with Gasteiger partial charge in [0, 0.05) is 23.7 Å². The van der Waals surface area contributed by atoms with Gasteiger partial charge >= 0.3 is 0 Å². The normalized spacial score (nSPS) is 18.6. The molecule has 1 atom stereocenters. The smallest absolute Gasteiger partial charge is 0.0794 e. The first kappa shape index (κ1) is 10.9. The third-order valence-corrected chi connectivity index (χ3v) is 4.29. The molecule has 0 radical (unpaired) electrons. The molecular formula is C14H16N2S. The van der Waals surface area contributed by atoms with Crippen molar-refractivity contribution in [2.75, 3.05) is 7.05 Å². The number of hydrogen-bond donors (Lipinski definition) is 0. The van der Waals surface area contributed by atoms with E-state index >= 15 is 0 Å². The number of fused-ring (bicyclic) bond motifs is 1. The summed E-state index contributed by atoms with van der Waals surface area (Å²) in [4.78, 5) is 7.93. The summed E-state index contributed by atoms with van der Waals surface area (Å²) in [6.07, 6.45) is 4.44. The molecule has 1 aromatic heterocycles. The van der Waals surface area contributed by atoms with Crippen LogP contribution in [-0.4, -0.2) is 16.9 Å². The van der Waals surface area contributed by atoms with Crippen molar-refractivity contribution in [1.82, 2.24) is 9.88 Å². The van der Waals surface area contributed by atoms with Crippen LogP contribution in [0.4, 0.5) is 0 Å². The molecule has 1 unspecified atom stereocenters. The van der Waals surface area contributed by atoms with Crippen molar-refractivity contribution < 1.29 is 0 Å². The Morgan fingerprint density at radius 3 is 3.12 bits per heavy atom. The molecule has 17 heavy (non-hydrogen) atoms. The quantitative estimate of drug-likeness (QED) is 0.824. The summed E-state index contributed by atoms with van der Waals surface area (Å²) in [7, 11) is 2.21. The van der Waals surface area contributed by atoms with E-state index in [1.165, 1.54) is 28.8 Å². The Kier molecular flexibility index (Phi) is 2.95. The molecule has 3 rings (SSSR count). The number of rotatable bonds is 3. The van der Waals surface area contributed by atoms with Crippen LogP contribution in [0.15, 0.2) is 36.0 Å². The molecule has 0 amide bonds. The van der Waals surface area contributed by atoms with Crippen LogP contribution in [0.25, 0.3) is 0 Å². The van der Waals surface area contributed by atoms with Crippen LogP contribution < -0.4 is 0 Å². The minimum Gasteiger partial charge on any atom is -0.294 e. The highest BCUT2D eigenvalue weighted by Gasteiger charge is 2.25. The average molecular weight is 244 g/mol. The predicted molar refractivity (Wildman–Crippen MR) is 71.1 cm³/mol. The van der Waals surface area contributed by atoms with Gasteiger partial charge in [0.2, 0.25) is 0 Å². The van der Waals surface area contributed by atoms with Gasteiger partial charge in [0.05, 0.1) is 5.51 Å². The second-order valence-corrected chi connectivity index (χ2v) is 5.61. The summed E-state index contributed by atoms with van der Waals surface area (Å²) in [6, 6.07) is 9.40. The van der Waals surface area contributed by atoms with Gasteiger partial charge < -0.3 is 0 Å². The summed E-state index contributed by atoms with van der Waals surface area (Å²) in [5.41, 5.74) is 4.94. The lowest BCUT2D eigenvalue weighted by molar-refractivity contribution is 0.238. The van der Waals surface area contributed by atoms with Crippen LogP contribution in [0, 0.1) is 0 Å². The van der Waals surface area contributed by atoms with Gasteiger partial charge in [-0.25, -0.2) is 0 Å². The summed E-state index contributed by atoms with van der Waals surface area (Å²) in [5.74, 6) is 0. The lowest BCUT2D eigenvalue weighted by Crippen LogP contribution is -2.21. The number of benzene rings is 1. The van der Waals surface area contributed by atoms with E-state index in [0.717, 1.165) is 6.54 Å². The molecule has 0 saturated carbocycles. The molecule has 0 saturated heterocycles. The molecule has 0 fully saturated rings. The Hall–Kier alpha value is -1.19. The SMILES string of the molecule is CN(Cc1cncs1)C1CCc2ccccc21. The molecule has 1 heterocycles. The Morgan fingerprint density at radius 2 is 2.29 bits per heavy atom. The van der Waals surface area contributed by atoms with E-state index < -0.39 is 0 Å². The monoisotopic (exact) mass is 244 g/mol. The number of hydrogen-bond acceptors (Lipinski definition) is 3. The highest BCUT2D eigenvalue weighted by Crippen LogP contribution is 2.35. The van der Waals surface area contributed by atoms with Gasteiger partial charge in [0.25, 0.3) is 0 Å². The maximum absolute atomic E-state index is 4.14. The fourth-order valence-corrected chi connectivity index (χ4v) is 3.33. The number of nitrogens with zero attached hydrogens (tertiary/aromatic N) is 2. The minimum atomic E-state index is 0.577. The van der Waals surface area contributed by atoms with Crippen molar-refractivity contribution in [2.24, 2.45) is 0 Å². The second kappa shape index (κ2) is 4.59. The van der Waals surface area contributed by atoms with E-state index in [4.69, 9.17) is 0 Å². The Morgan fingerprint density at radius 1 is 1.41 bits per heavy atom. The maximum Gasteiger partial charge on any atom is 0.0794 e. The standard InChI is InChI=1S/C14H16N2S/c1-16(9-12-8-15-10-17-12)14-7-6-11-4-2-3-5-13(11)14/h2-5,8,10,14H,6-7,9H2,1H3. The zero-order chi connectivity index (χ0) is 11.7. The lowest BCUT2D eigenvalue weighted by Gasteiger charge is -2.24. The topological polar surface area (TPSA) is 16.1 Å². The van der Waals surface area contributed by atoms with Crippen LogP contribution in [0.5, 0.6) is 0 Å². The first-order chi connectivity index (χ1) is 8.34. The number of thiazole rings is 1. The summed E-state index contributed by atoms with van der Waals surface area (Å²) in [6.45, 7) is 1.00. The van der Waals surface area contributed by atoms with E-state index in [2.05, 4.69) is 41.2 Å². The Labute approximate surface area is 106 Å². The number of aromatic nitrogens is 1. The minimum absolute atomic E-state index is 0.577. The van der Waals surface area contributed by atoms with Crippen LogP contribution >= 0.6 is 11.3 Å². The van der Waals surface area contributed by atoms with Gasteiger partial charge in [-0.15, -0.1) is 11.3 Å². The van der Waals surface area contributed by atoms with Gasteiger partial charge in [-0.1, -0.05) is 24.3 Å². The molecule has 0 spiro atoms. The molecule has 0 bridgehead atoms. The highest BCUT2D eigenvalue weighted by molar-refractivity contribution is 7.09. The first-order valence-corrected chi connectivity index (χ1v) is 6.88. The average Bonchev–Trinajstić information content (AvgIpc) is 2.96. The third-order valence-electron chi connectivity index (χ3n) is 3.52. The second-order valence-electron chi connectivity index (χ2n) is 4.64. The zero-order valence-corrected chi connectivity index (χ0v) is 10.8. The van der Waals surface area contributed by atoms with Crippen LogP contribution in [-0.2, 0) is 13.0 Å². The van der Waals surface area contributed by atoms with E-state index in [-0.39, 0.29) is 0 Å². The molecule has 0 aliphatic heterocycles. The Bertz CT molecular complexity index is 493. The third kappa shape index (κ3) is 2.13. The van der Waals surface area contributed by atoms with Crippen LogP contribution in [0.3, 0.4) is 0 Å². The molecule has 3 heteroatoms. The molecular weight excluding hydrogens is 228 g/mol. The van der Waals surface area contributed by atoms with Gasteiger partial charge in [-0.05, 0) is 31.0 Å². The van der Waals surface area contributed by atoms with E-state index in [0.29, 0.717) is 6.04 Å². The summed E-state index contributed by atoms with van der Waals surface area (Å²) < 4.78 is 0. The molecule has 0 N–H and O–H groups in total. The Balaban J connectivity index is 1.78. The molecule has 2 nitrogen and oxygen atoms in total. The molecule has 1 aliphatic carbocycles. The molecule has 1 aromatic carbocycles. The predicted octanol–water partition coefficient (Wildman–Crippen LogP) is 3.26. The zero-order valence-electron chi connectivity index (χ0n) is 9.97. The van der Waals surface area contributed by atoms with Gasteiger partial charge in [-0.3, -0.25) is 9.88 Å². The number of aryl methyl sites for hydroxylation is 1. The van der Waals surface area contributed by atoms with E-state index in [1.807, 2.05) is 11.7 Å². The lowest BCUT2D eigenvalue weighted by atomic mass is 10.1. The summed E-state index contributed by atoms with van der Waals surface area (Å²) >= 11 is 1.74. The van der Waals surface area contributed by atoms with Gasteiger partial charge in [0.1, 0.15) is 0 Å². The van der Waals surface area contributed by atoms with Crippen LogP contribution in [0.1, 0.15) is 28.5 Å². The van der Waals surface area contributed by atoms with Gasteiger partial charge in [-0.2, -0.15) is 0 Å². The molecule has 2 aromatic rings. The van der Waals surface area contributed by atoms with Crippen molar-refractivity contribution in [2.45, 2.75) is 25.4 Å². The van der Waals surface area contributed by atoms with Gasteiger partial charge in [0.15, 0.2) is 0 Å². The van der Waals surface area contributed by atoms with E-state index in [1.54, 1.807) is 11.3 Å². The van der Waals surface area contributed by atoms with Crippen molar-refractivity contribution >= 4 is 11.3 Å². The van der Waals surface area contributed by atoms with Crippen molar-refractivity contribution in [3.8, 4) is 0 Å². The molecule has 88 valence electrons. The highest BCUT2D eigenvalue weighted by atomic mass is 32.1. The maximum atomic E-state index is 4.14. The van der Waals surface area contributed by atoms with Crippen molar-refractivity contribution in [1.29, 1.82) is 0 Å². The molecule has 1 aliphatic rings. The first-order valence-electron chi connectivity index (χ1n) is 6.00. The fraction of sp³-hybridized carbons (Fsp3) is 0.357. The van der Waals surface area contributed by atoms with Crippen molar-refractivity contribution in [3.63, 3.8) is 0 Å². The van der Waals surface area contributed by atoms with Crippen LogP contribution in [0.2, 0.25) is 0 Å². The van der Waals surface area contributed by atoms with E-state index in [9.17, 15) is 0 Å².